The molecule has 2 aromatic heterocycles. The van der Waals surface area contributed by atoms with Crippen LogP contribution >= 0.6 is 15.9 Å². The van der Waals surface area contributed by atoms with Crippen molar-refractivity contribution in [2.45, 2.75) is 50.0 Å². The van der Waals surface area contributed by atoms with Crippen LogP contribution in [0.4, 0.5) is 19.0 Å². The van der Waals surface area contributed by atoms with Crippen LogP contribution in [0.25, 0.3) is 0 Å². The fourth-order valence-electron chi connectivity index (χ4n) is 3.99. The van der Waals surface area contributed by atoms with E-state index in [2.05, 4.69) is 30.9 Å². The summed E-state index contributed by atoms with van der Waals surface area (Å²) in [6, 6.07) is 2.92. The summed E-state index contributed by atoms with van der Waals surface area (Å²) in [4.78, 5) is 6.30. The third kappa shape index (κ3) is 2.81. The second-order valence-corrected chi connectivity index (χ2v) is 7.37. The molecule has 0 aromatic carbocycles. The summed E-state index contributed by atoms with van der Waals surface area (Å²) in [7, 11) is 0. The summed E-state index contributed by atoms with van der Waals surface area (Å²) in [6.45, 7) is 0. The van der Waals surface area contributed by atoms with Gasteiger partial charge in [0.05, 0.1) is 22.3 Å². The molecule has 2 aromatic rings. The Morgan fingerprint density at radius 1 is 1.12 bits per heavy atom. The molecule has 0 radical (unpaired) electrons. The smallest absolute Gasteiger partial charge is 0.350 e. The maximum Gasteiger partial charge on any atom is 0.416 e. The number of hydrogen-bond acceptors (Lipinski definition) is 3. The Morgan fingerprint density at radius 2 is 1.83 bits per heavy atom. The molecule has 2 saturated heterocycles. The number of piperidine rings is 1. The van der Waals surface area contributed by atoms with E-state index in [-0.39, 0.29) is 18.1 Å². The number of rotatable bonds is 2. The number of halogens is 4. The third-order valence-electron chi connectivity index (χ3n) is 4.99. The zero-order valence-corrected chi connectivity index (χ0v) is 14.3. The SMILES string of the molecule is FC(F)(F)c1ccnc(N2C3CCC2CC(n2cc(Br)cn2)C3)c1. The highest BCUT2D eigenvalue weighted by Gasteiger charge is 2.43. The highest BCUT2D eigenvalue weighted by atomic mass is 79.9. The van der Waals surface area contributed by atoms with E-state index in [0.717, 1.165) is 36.2 Å². The van der Waals surface area contributed by atoms with Gasteiger partial charge in [0, 0.05) is 24.5 Å². The molecule has 0 saturated carbocycles. The molecular weight excluding hydrogens is 385 g/mol. The number of hydrogen-bond donors (Lipinski definition) is 0. The predicted octanol–water partition coefficient (Wildman–Crippen LogP) is 4.43. The van der Waals surface area contributed by atoms with Gasteiger partial charge in [-0.15, -0.1) is 0 Å². The lowest BCUT2D eigenvalue weighted by molar-refractivity contribution is -0.137. The lowest BCUT2D eigenvalue weighted by Gasteiger charge is -2.40. The maximum atomic E-state index is 13.0. The van der Waals surface area contributed by atoms with Crippen LogP contribution < -0.4 is 4.90 Å². The predicted molar refractivity (Wildman–Crippen MR) is 86.7 cm³/mol. The molecular formula is C16H16BrF3N4. The number of anilines is 1. The van der Waals surface area contributed by atoms with E-state index in [1.165, 1.54) is 12.3 Å². The largest absolute Gasteiger partial charge is 0.416 e. The molecule has 2 bridgehead atoms. The van der Waals surface area contributed by atoms with E-state index in [1.807, 2.05) is 10.9 Å². The zero-order chi connectivity index (χ0) is 16.9. The molecule has 128 valence electrons. The van der Waals surface area contributed by atoms with E-state index in [1.54, 1.807) is 6.20 Å². The average Bonchev–Trinajstić information content (AvgIpc) is 3.08. The number of nitrogens with zero attached hydrogens (tertiary/aromatic N) is 4. The minimum atomic E-state index is -4.34. The van der Waals surface area contributed by atoms with Crippen LogP contribution in [0.2, 0.25) is 0 Å². The molecule has 2 aliphatic heterocycles. The van der Waals surface area contributed by atoms with Crippen LogP contribution in [-0.2, 0) is 6.18 Å². The number of alkyl halides is 3. The maximum absolute atomic E-state index is 13.0. The fourth-order valence-corrected chi connectivity index (χ4v) is 4.29. The molecule has 0 spiro atoms. The van der Waals surface area contributed by atoms with Gasteiger partial charge in [-0.1, -0.05) is 0 Å². The first-order valence-corrected chi connectivity index (χ1v) is 8.72. The quantitative estimate of drug-likeness (QED) is 0.747. The van der Waals surface area contributed by atoms with E-state index >= 15 is 0 Å². The number of fused-ring (bicyclic) bond motifs is 2. The molecule has 2 atom stereocenters. The first-order valence-electron chi connectivity index (χ1n) is 7.93. The van der Waals surface area contributed by atoms with Crippen molar-refractivity contribution in [2.24, 2.45) is 0 Å². The molecule has 4 rings (SSSR count). The highest BCUT2D eigenvalue weighted by Crippen LogP contribution is 2.43. The van der Waals surface area contributed by atoms with E-state index < -0.39 is 11.7 Å². The first kappa shape index (κ1) is 15.9. The molecule has 4 heterocycles. The molecule has 0 aliphatic carbocycles. The van der Waals surface area contributed by atoms with Crippen molar-refractivity contribution in [1.29, 1.82) is 0 Å². The highest BCUT2D eigenvalue weighted by molar-refractivity contribution is 9.10. The van der Waals surface area contributed by atoms with Crippen molar-refractivity contribution in [3.05, 3.63) is 40.8 Å². The average molecular weight is 401 g/mol. The fraction of sp³-hybridized carbons (Fsp3) is 0.500. The lowest BCUT2D eigenvalue weighted by Crippen LogP contribution is -2.44. The van der Waals surface area contributed by atoms with Crippen LogP contribution in [0, 0.1) is 0 Å². The molecule has 2 fully saturated rings. The van der Waals surface area contributed by atoms with Gasteiger partial charge in [0.25, 0.3) is 0 Å². The lowest BCUT2D eigenvalue weighted by atomic mass is 9.97. The van der Waals surface area contributed by atoms with Gasteiger partial charge in [-0.05, 0) is 53.7 Å². The zero-order valence-electron chi connectivity index (χ0n) is 12.7. The van der Waals surface area contributed by atoms with Crippen molar-refractivity contribution in [2.75, 3.05) is 4.90 Å². The second kappa shape index (κ2) is 5.75. The van der Waals surface area contributed by atoms with E-state index in [0.29, 0.717) is 5.82 Å². The topological polar surface area (TPSA) is 34.0 Å². The molecule has 8 heteroatoms. The summed E-state index contributed by atoms with van der Waals surface area (Å²) in [5.74, 6) is 0.442. The van der Waals surface area contributed by atoms with Crippen molar-refractivity contribution in [1.82, 2.24) is 14.8 Å². The van der Waals surface area contributed by atoms with Gasteiger partial charge >= 0.3 is 6.18 Å². The molecule has 24 heavy (non-hydrogen) atoms. The second-order valence-electron chi connectivity index (χ2n) is 6.46. The summed E-state index contributed by atoms with van der Waals surface area (Å²) < 4.78 is 41.8. The van der Waals surface area contributed by atoms with E-state index in [9.17, 15) is 13.2 Å². The normalized spacial score (nSPS) is 26.8. The first-order chi connectivity index (χ1) is 11.4. The van der Waals surface area contributed by atoms with Gasteiger partial charge < -0.3 is 4.90 Å². The van der Waals surface area contributed by atoms with Crippen LogP contribution in [0.5, 0.6) is 0 Å². The summed E-state index contributed by atoms with van der Waals surface area (Å²) in [6.07, 6.45) is 4.38. The van der Waals surface area contributed by atoms with Crippen LogP contribution in [-0.4, -0.2) is 26.8 Å². The summed E-state index contributed by atoms with van der Waals surface area (Å²) >= 11 is 3.41. The van der Waals surface area contributed by atoms with Gasteiger partial charge in [-0.3, -0.25) is 4.68 Å². The summed E-state index contributed by atoms with van der Waals surface area (Å²) in [5.41, 5.74) is -0.634. The van der Waals surface area contributed by atoms with Crippen LogP contribution in [0.15, 0.2) is 35.2 Å². The monoisotopic (exact) mass is 400 g/mol. The molecule has 2 unspecified atom stereocenters. The minimum Gasteiger partial charge on any atom is -0.350 e. The standard InChI is InChI=1S/C16H16BrF3N4/c17-11-8-22-23(9-11)14-6-12-1-2-13(7-14)24(12)15-5-10(3-4-21-15)16(18,19)20/h3-5,8-9,12-14H,1-2,6-7H2. The third-order valence-corrected chi connectivity index (χ3v) is 5.40. The molecule has 4 nitrogen and oxygen atoms in total. The van der Waals surface area contributed by atoms with Gasteiger partial charge in [0.1, 0.15) is 5.82 Å². The van der Waals surface area contributed by atoms with Gasteiger partial charge in [0.2, 0.25) is 0 Å². The Labute approximate surface area is 145 Å². The van der Waals surface area contributed by atoms with Crippen molar-refractivity contribution >= 4 is 21.7 Å². The Hall–Kier alpha value is -1.57. The van der Waals surface area contributed by atoms with Gasteiger partial charge in [-0.25, -0.2) is 4.98 Å². The minimum absolute atomic E-state index is 0.215. The number of aromatic nitrogens is 3. The van der Waals surface area contributed by atoms with E-state index in [4.69, 9.17) is 0 Å². The Kier molecular flexibility index (Phi) is 3.82. The van der Waals surface area contributed by atoms with Gasteiger partial charge in [0.15, 0.2) is 0 Å². The van der Waals surface area contributed by atoms with Crippen molar-refractivity contribution < 1.29 is 13.2 Å². The molecule has 0 N–H and O–H groups in total. The van der Waals surface area contributed by atoms with Gasteiger partial charge in [-0.2, -0.15) is 18.3 Å². The Bertz CT molecular complexity index is 731. The van der Waals surface area contributed by atoms with Crippen molar-refractivity contribution in [3.8, 4) is 0 Å². The van der Waals surface area contributed by atoms with Crippen molar-refractivity contribution in [3.63, 3.8) is 0 Å². The van der Waals surface area contributed by atoms with Crippen LogP contribution in [0.1, 0.15) is 37.3 Å². The molecule has 2 aliphatic rings. The Balaban J connectivity index is 1.59. The summed E-state index contributed by atoms with van der Waals surface area (Å²) in [5, 5.41) is 4.37. The van der Waals surface area contributed by atoms with Crippen LogP contribution in [0.3, 0.4) is 0 Å². The molecule has 0 amide bonds. The Morgan fingerprint density at radius 3 is 2.42 bits per heavy atom. The number of pyridine rings is 1.